The van der Waals surface area contributed by atoms with Crippen molar-refractivity contribution in [2.75, 3.05) is 0 Å². The van der Waals surface area contributed by atoms with Crippen LogP contribution in [0.25, 0.3) is 11.2 Å². The van der Waals surface area contributed by atoms with Crippen LogP contribution in [0.3, 0.4) is 0 Å². The lowest BCUT2D eigenvalue weighted by atomic mass is 10.4. The highest BCUT2D eigenvalue weighted by atomic mass is 35.5. The fourth-order valence-corrected chi connectivity index (χ4v) is 2.33. The van der Waals surface area contributed by atoms with Gasteiger partial charge in [-0.3, -0.25) is 13.9 Å². The molecule has 0 atom stereocenters. The molecule has 0 aliphatic heterocycles. The van der Waals surface area contributed by atoms with Crippen LogP contribution < -0.4 is 11.2 Å². The smallest absolute Gasteiger partial charge is 0.324 e. The lowest BCUT2D eigenvalue weighted by Gasteiger charge is -2.08. The summed E-state index contributed by atoms with van der Waals surface area (Å²) in [6, 6.07) is 0. The van der Waals surface area contributed by atoms with E-state index in [1.165, 1.54) is 9.13 Å². The minimum absolute atomic E-state index is 0.203. The van der Waals surface area contributed by atoms with E-state index in [9.17, 15) is 9.59 Å². The van der Waals surface area contributed by atoms with Gasteiger partial charge >= 0.3 is 5.69 Å². The van der Waals surface area contributed by atoms with Gasteiger partial charge in [-0.15, -0.1) is 11.6 Å². The Morgan fingerprint density at radius 2 is 1.78 bits per heavy atom. The van der Waals surface area contributed by atoms with Gasteiger partial charge < -0.3 is 4.57 Å². The molecule has 2 rings (SSSR count). The lowest BCUT2D eigenvalue weighted by molar-refractivity contribution is 0.604. The Labute approximate surface area is 108 Å². The van der Waals surface area contributed by atoms with Crippen LogP contribution in [-0.2, 0) is 26.0 Å². The van der Waals surface area contributed by atoms with E-state index in [0.29, 0.717) is 30.1 Å². The second kappa shape index (κ2) is 4.61. The van der Waals surface area contributed by atoms with E-state index in [4.69, 9.17) is 11.6 Å². The Morgan fingerprint density at radius 1 is 1.17 bits per heavy atom. The number of aromatic nitrogens is 4. The summed E-state index contributed by atoms with van der Waals surface area (Å²) >= 11 is 5.79. The van der Waals surface area contributed by atoms with Crippen LogP contribution in [0.5, 0.6) is 0 Å². The molecular weight excluding hydrogens is 256 g/mol. The molecule has 0 radical (unpaired) electrons. The van der Waals surface area contributed by atoms with Gasteiger partial charge in [-0.2, -0.15) is 0 Å². The Kier molecular flexibility index (Phi) is 3.30. The van der Waals surface area contributed by atoms with Crippen molar-refractivity contribution in [1.82, 2.24) is 18.7 Å². The molecule has 0 aliphatic rings. The Balaban J connectivity index is 3.07. The number of halogens is 1. The third-order valence-corrected chi connectivity index (χ3v) is 3.33. The first-order valence-corrected chi connectivity index (χ1v) is 6.35. The molecule has 0 bridgehead atoms. The number of alkyl halides is 1. The predicted molar refractivity (Wildman–Crippen MR) is 70.1 cm³/mol. The van der Waals surface area contributed by atoms with Gasteiger partial charge in [0.2, 0.25) is 0 Å². The quantitative estimate of drug-likeness (QED) is 0.771. The molecule has 2 aromatic rings. The molecule has 0 spiro atoms. The molecule has 2 heterocycles. The Hall–Kier alpha value is -1.56. The van der Waals surface area contributed by atoms with E-state index in [1.807, 2.05) is 6.92 Å². The molecule has 0 amide bonds. The molecule has 7 heteroatoms. The van der Waals surface area contributed by atoms with Gasteiger partial charge in [0.05, 0.1) is 5.88 Å². The molecule has 0 N–H and O–H groups in total. The Bertz CT molecular complexity index is 710. The molecule has 6 nitrogen and oxygen atoms in total. The van der Waals surface area contributed by atoms with Crippen LogP contribution in [0.1, 0.15) is 19.7 Å². The minimum atomic E-state index is -0.322. The maximum absolute atomic E-state index is 12.2. The van der Waals surface area contributed by atoms with Crippen LogP contribution in [-0.4, -0.2) is 18.7 Å². The molecular formula is C11H15ClN4O2. The zero-order valence-corrected chi connectivity index (χ0v) is 11.4. The first-order chi connectivity index (χ1) is 8.56. The van der Waals surface area contributed by atoms with Gasteiger partial charge in [0.1, 0.15) is 5.82 Å². The van der Waals surface area contributed by atoms with E-state index in [1.54, 1.807) is 18.5 Å². The zero-order valence-electron chi connectivity index (χ0n) is 10.6. The van der Waals surface area contributed by atoms with Gasteiger partial charge in [0.25, 0.3) is 5.56 Å². The number of rotatable bonds is 3. The van der Waals surface area contributed by atoms with Gasteiger partial charge in [-0.25, -0.2) is 9.78 Å². The fraction of sp³-hybridized carbons (Fsp3) is 0.545. The molecule has 2 aromatic heterocycles. The van der Waals surface area contributed by atoms with Crippen molar-refractivity contribution < 1.29 is 0 Å². The number of imidazole rings is 1. The number of fused-ring (bicyclic) bond motifs is 1. The first kappa shape index (κ1) is 12.9. The van der Waals surface area contributed by atoms with Gasteiger partial charge in [0, 0.05) is 20.1 Å². The summed E-state index contributed by atoms with van der Waals surface area (Å²) in [7, 11) is 1.74. The molecule has 0 saturated carbocycles. The van der Waals surface area contributed by atoms with Crippen molar-refractivity contribution in [3.05, 3.63) is 26.7 Å². The second-order valence-electron chi connectivity index (χ2n) is 3.97. The van der Waals surface area contributed by atoms with Gasteiger partial charge in [0.15, 0.2) is 11.2 Å². The summed E-state index contributed by atoms with van der Waals surface area (Å²) in [5.41, 5.74) is 0.203. The summed E-state index contributed by atoms with van der Waals surface area (Å²) in [6.45, 7) is 4.43. The number of aryl methyl sites for hydroxylation is 2. The topological polar surface area (TPSA) is 61.8 Å². The molecule has 0 saturated heterocycles. The minimum Gasteiger partial charge on any atom is -0.324 e. The average Bonchev–Trinajstić information content (AvgIpc) is 2.68. The first-order valence-electron chi connectivity index (χ1n) is 5.81. The number of hydrogen-bond donors (Lipinski definition) is 0. The summed E-state index contributed by atoms with van der Waals surface area (Å²) in [5.74, 6) is 0.786. The maximum atomic E-state index is 12.2. The second-order valence-corrected chi connectivity index (χ2v) is 4.24. The lowest BCUT2D eigenvalue weighted by Crippen LogP contribution is -2.39. The van der Waals surface area contributed by atoms with Crippen LogP contribution in [0.2, 0.25) is 0 Å². The van der Waals surface area contributed by atoms with Crippen LogP contribution in [0.15, 0.2) is 9.59 Å². The van der Waals surface area contributed by atoms with E-state index >= 15 is 0 Å². The summed E-state index contributed by atoms with van der Waals surface area (Å²) in [4.78, 5) is 28.6. The highest BCUT2D eigenvalue weighted by molar-refractivity contribution is 6.16. The summed E-state index contributed by atoms with van der Waals surface area (Å²) < 4.78 is 4.37. The molecule has 0 aromatic carbocycles. The third-order valence-electron chi connectivity index (χ3n) is 3.09. The number of hydrogen-bond acceptors (Lipinski definition) is 3. The van der Waals surface area contributed by atoms with Gasteiger partial charge in [-0.05, 0) is 13.8 Å². The van der Waals surface area contributed by atoms with E-state index < -0.39 is 0 Å². The van der Waals surface area contributed by atoms with Crippen molar-refractivity contribution in [3.63, 3.8) is 0 Å². The van der Waals surface area contributed by atoms with Crippen LogP contribution >= 0.6 is 11.6 Å². The molecule has 0 fully saturated rings. The predicted octanol–water partition coefficient (Wildman–Crippen LogP) is 0.675. The van der Waals surface area contributed by atoms with Crippen LogP contribution in [0, 0.1) is 0 Å². The largest absolute Gasteiger partial charge is 0.332 e. The van der Waals surface area contributed by atoms with Crippen molar-refractivity contribution in [3.8, 4) is 0 Å². The van der Waals surface area contributed by atoms with Crippen molar-refractivity contribution in [1.29, 1.82) is 0 Å². The number of nitrogens with zero attached hydrogens (tertiary/aromatic N) is 4. The highest BCUT2D eigenvalue weighted by Gasteiger charge is 2.17. The maximum Gasteiger partial charge on any atom is 0.332 e. The van der Waals surface area contributed by atoms with Crippen molar-refractivity contribution in [2.24, 2.45) is 7.05 Å². The van der Waals surface area contributed by atoms with Gasteiger partial charge in [-0.1, -0.05) is 0 Å². The summed E-state index contributed by atoms with van der Waals surface area (Å²) in [5, 5.41) is 0. The monoisotopic (exact) mass is 270 g/mol. The SMILES string of the molecule is CCn1c(=O)c2c(nc(CCl)n2C)n(CC)c1=O. The van der Waals surface area contributed by atoms with Crippen LogP contribution in [0.4, 0.5) is 0 Å². The molecule has 0 unspecified atom stereocenters. The standard InChI is InChI=1S/C11H15ClN4O2/c1-4-15-9-8(14(3)7(6-12)13-9)10(17)16(5-2)11(15)18/h4-6H2,1-3H3. The Morgan fingerprint density at radius 3 is 2.28 bits per heavy atom. The summed E-state index contributed by atoms with van der Waals surface area (Å²) in [6.07, 6.45) is 0. The van der Waals surface area contributed by atoms with E-state index in [2.05, 4.69) is 4.98 Å². The molecule has 0 aliphatic carbocycles. The van der Waals surface area contributed by atoms with Crippen molar-refractivity contribution in [2.45, 2.75) is 32.8 Å². The fourth-order valence-electron chi connectivity index (χ4n) is 2.09. The highest BCUT2D eigenvalue weighted by Crippen LogP contribution is 2.11. The third kappa shape index (κ3) is 1.59. The zero-order chi connectivity index (χ0) is 13.4. The normalized spacial score (nSPS) is 11.3. The van der Waals surface area contributed by atoms with Crippen molar-refractivity contribution >= 4 is 22.8 Å². The van der Waals surface area contributed by atoms with E-state index in [-0.39, 0.29) is 17.1 Å². The molecule has 18 heavy (non-hydrogen) atoms. The molecule has 98 valence electrons. The average molecular weight is 271 g/mol. The van der Waals surface area contributed by atoms with E-state index in [0.717, 1.165) is 0 Å².